The average molecular weight is 475 g/mol. The number of rotatable bonds is 6. The van der Waals surface area contributed by atoms with Crippen LogP contribution in [0.25, 0.3) is 10.9 Å². The Hall–Kier alpha value is -2.19. The molecule has 1 saturated heterocycles. The Morgan fingerprint density at radius 3 is 2.62 bits per heavy atom. The Labute approximate surface area is 193 Å². The maximum atomic E-state index is 13.7. The van der Waals surface area contributed by atoms with Crippen molar-refractivity contribution >= 4 is 32.5 Å². The molecule has 6 nitrogen and oxygen atoms in total. The zero-order valence-corrected chi connectivity index (χ0v) is 20.0. The van der Waals surface area contributed by atoms with Crippen molar-refractivity contribution < 1.29 is 13.2 Å². The molecule has 1 aromatic heterocycles. The Balaban J connectivity index is 1.78. The second-order valence-electron chi connectivity index (χ2n) is 8.51. The average Bonchev–Trinajstić information content (AvgIpc) is 3.23. The summed E-state index contributed by atoms with van der Waals surface area (Å²) in [5.41, 5.74) is 3.52. The number of H-pyrrole nitrogens is 1. The zero-order valence-electron chi connectivity index (χ0n) is 18.4. The van der Waals surface area contributed by atoms with Gasteiger partial charge >= 0.3 is 0 Å². The number of aryl methyl sites for hydroxylation is 3. The van der Waals surface area contributed by atoms with E-state index in [2.05, 4.69) is 4.98 Å². The van der Waals surface area contributed by atoms with E-state index in [9.17, 15) is 13.2 Å². The lowest BCUT2D eigenvalue weighted by atomic mass is 10.1. The van der Waals surface area contributed by atoms with Crippen molar-refractivity contribution in [1.29, 1.82) is 0 Å². The molecule has 3 aromatic rings. The summed E-state index contributed by atoms with van der Waals surface area (Å²) < 4.78 is 34.4. The van der Waals surface area contributed by atoms with Gasteiger partial charge in [-0.05, 0) is 74.4 Å². The molecule has 2 aromatic carbocycles. The van der Waals surface area contributed by atoms with Crippen LogP contribution in [-0.2, 0) is 21.3 Å². The minimum atomic E-state index is -3.91. The fourth-order valence-electron chi connectivity index (χ4n) is 4.29. The summed E-state index contributed by atoms with van der Waals surface area (Å²) >= 11 is 6.12. The third kappa shape index (κ3) is 4.62. The van der Waals surface area contributed by atoms with E-state index in [-0.39, 0.29) is 29.6 Å². The molecular weight excluding hydrogens is 448 g/mol. The minimum absolute atomic E-state index is 0.0492. The monoisotopic (exact) mass is 474 g/mol. The SMILES string of the molecule is Cc1cc(C)c2[nH]c(=O)c(CN(C[C@H]3CCCO3)S(=O)(=O)c3cc(Cl)ccc3C)cc2c1. The van der Waals surface area contributed by atoms with Gasteiger partial charge in [-0.1, -0.05) is 29.3 Å². The standard InChI is InChI=1S/C24H27ClN2O4S/c1-15-9-17(3)23-18(10-15)11-19(24(28)26-23)13-27(14-21-5-4-8-31-21)32(29,30)22-12-20(25)7-6-16(22)2/h6-7,9-12,21H,4-5,8,13-14H2,1-3H3,(H,26,28)/t21-/m1/s1. The van der Waals surface area contributed by atoms with E-state index >= 15 is 0 Å². The number of nitrogens with zero attached hydrogens (tertiary/aromatic N) is 1. The van der Waals surface area contributed by atoms with Gasteiger partial charge in [-0.3, -0.25) is 4.79 Å². The number of sulfonamides is 1. The quantitative estimate of drug-likeness (QED) is 0.571. The van der Waals surface area contributed by atoms with Crippen molar-refractivity contribution in [1.82, 2.24) is 9.29 Å². The van der Waals surface area contributed by atoms with E-state index in [0.717, 1.165) is 34.9 Å². The molecule has 170 valence electrons. The van der Waals surface area contributed by atoms with Gasteiger partial charge < -0.3 is 9.72 Å². The number of halogens is 1. The Morgan fingerprint density at radius 2 is 1.91 bits per heavy atom. The smallest absolute Gasteiger partial charge is 0.252 e. The molecule has 0 bridgehead atoms. The molecule has 0 unspecified atom stereocenters. The van der Waals surface area contributed by atoms with Crippen LogP contribution in [0.5, 0.6) is 0 Å². The number of aromatic amines is 1. The molecule has 2 heterocycles. The second kappa shape index (κ2) is 8.98. The van der Waals surface area contributed by atoms with Crippen molar-refractivity contribution in [3.8, 4) is 0 Å². The third-order valence-corrected chi connectivity index (χ3v) is 8.10. The van der Waals surface area contributed by atoms with Crippen LogP contribution in [0.3, 0.4) is 0 Å². The number of fused-ring (bicyclic) bond motifs is 1. The number of hydrogen-bond donors (Lipinski definition) is 1. The molecule has 1 aliphatic rings. The summed E-state index contributed by atoms with van der Waals surface area (Å²) in [5, 5.41) is 1.23. The lowest BCUT2D eigenvalue weighted by Gasteiger charge is -2.25. The van der Waals surface area contributed by atoms with Gasteiger partial charge in [0.25, 0.3) is 5.56 Å². The lowest BCUT2D eigenvalue weighted by molar-refractivity contribution is 0.0925. The van der Waals surface area contributed by atoms with Crippen LogP contribution in [0.4, 0.5) is 0 Å². The first-order valence-corrected chi connectivity index (χ1v) is 12.5. The Morgan fingerprint density at radius 1 is 1.12 bits per heavy atom. The molecule has 32 heavy (non-hydrogen) atoms. The summed E-state index contributed by atoms with van der Waals surface area (Å²) in [7, 11) is -3.91. The highest BCUT2D eigenvalue weighted by molar-refractivity contribution is 7.89. The lowest BCUT2D eigenvalue weighted by Crippen LogP contribution is -2.38. The minimum Gasteiger partial charge on any atom is -0.377 e. The van der Waals surface area contributed by atoms with Gasteiger partial charge in [-0.2, -0.15) is 4.31 Å². The predicted molar refractivity (Wildman–Crippen MR) is 127 cm³/mol. The van der Waals surface area contributed by atoms with Gasteiger partial charge in [0, 0.05) is 30.3 Å². The van der Waals surface area contributed by atoms with Crippen molar-refractivity contribution in [2.45, 2.75) is 51.2 Å². The van der Waals surface area contributed by atoms with E-state index in [1.807, 2.05) is 26.0 Å². The Bertz CT molecular complexity index is 1330. The first kappa shape index (κ1) is 23.0. The summed E-state index contributed by atoms with van der Waals surface area (Å²) in [6.45, 7) is 6.42. The van der Waals surface area contributed by atoms with E-state index in [1.165, 1.54) is 10.4 Å². The highest BCUT2D eigenvalue weighted by atomic mass is 35.5. The van der Waals surface area contributed by atoms with Crippen molar-refractivity contribution in [3.05, 3.63) is 74.0 Å². The van der Waals surface area contributed by atoms with Crippen molar-refractivity contribution in [3.63, 3.8) is 0 Å². The highest BCUT2D eigenvalue weighted by Crippen LogP contribution is 2.27. The molecule has 0 amide bonds. The molecule has 1 N–H and O–H groups in total. The fraction of sp³-hybridized carbons (Fsp3) is 0.375. The molecular formula is C24H27ClN2O4S. The molecule has 0 aliphatic carbocycles. The van der Waals surface area contributed by atoms with Crippen LogP contribution in [0.15, 0.2) is 46.1 Å². The van der Waals surface area contributed by atoms with E-state index < -0.39 is 10.0 Å². The molecule has 4 rings (SSSR count). The van der Waals surface area contributed by atoms with Gasteiger partial charge in [0.1, 0.15) is 0 Å². The summed E-state index contributed by atoms with van der Waals surface area (Å²) in [5.74, 6) is 0. The number of aromatic nitrogens is 1. The first-order valence-electron chi connectivity index (χ1n) is 10.7. The number of benzene rings is 2. The number of hydrogen-bond acceptors (Lipinski definition) is 4. The number of ether oxygens (including phenoxy) is 1. The maximum absolute atomic E-state index is 13.7. The third-order valence-electron chi connectivity index (χ3n) is 5.92. The van der Waals surface area contributed by atoms with Crippen molar-refractivity contribution in [2.24, 2.45) is 0 Å². The van der Waals surface area contributed by atoms with Gasteiger partial charge in [0.15, 0.2) is 0 Å². The molecule has 1 atom stereocenters. The topological polar surface area (TPSA) is 79.5 Å². The summed E-state index contributed by atoms with van der Waals surface area (Å²) in [4.78, 5) is 16.0. The number of nitrogens with one attached hydrogen (secondary N) is 1. The second-order valence-corrected chi connectivity index (χ2v) is 10.9. The molecule has 0 radical (unpaired) electrons. The van der Waals surface area contributed by atoms with E-state index in [1.54, 1.807) is 25.1 Å². The molecule has 0 spiro atoms. The van der Waals surface area contributed by atoms with Crippen LogP contribution in [0, 0.1) is 20.8 Å². The molecule has 1 fully saturated rings. The van der Waals surface area contributed by atoms with Gasteiger partial charge in [0.2, 0.25) is 10.0 Å². The van der Waals surface area contributed by atoms with Crippen LogP contribution in [0.1, 0.15) is 35.1 Å². The zero-order chi connectivity index (χ0) is 23.0. The summed E-state index contributed by atoms with van der Waals surface area (Å²) in [6, 6.07) is 10.6. The Kier molecular flexibility index (Phi) is 6.45. The normalized spacial score (nSPS) is 16.8. The van der Waals surface area contributed by atoms with Crippen LogP contribution < -0.4 is 5.56 Å². The fourth-order valence-corrected chi connectivity index (χ4v) is 6.23. The predicted octanol–water partition coefficient (Wildman–Crippen LogP) is 4.48. The van der Waals surface area contributed by atoms with E-state index in [4.69, 9.17) is 16.3 Å². The van der Waals surface area contributed by atoms with Crippen molar-refractivity contribution in [2.75, 3.05) is 13.2 Å². The number of pyridine rings is 1. The van der Waals surface area contributed by atoms with Crippen LogP contribution >= 0.6 is 11.6 Å². The molecule has 0 saturated carbocycles. The van der Waals surface area contributed by atoms with Gasteiger partial charge in [0.05, 0.1) is 16.5 Å². The van der Waals surface area contributed by atoms with E-state index in [0.29, 0.717) is 22.8 Å². The first-order chi connectivity index (χ1) is 15.1. The van der Waals surface area contributed by atoms with Gasteiger partial charge in [-0.25, -0.2) is 8.42 Å². The molecule has 1 aliphatic heterocycles. The highest BCUT2D eigenvalue weighted by Gasteiger charge is 2.31. The van der Waals surface area contributed by atoms with Crippen LogP contribution in [-0.4, -0.2) is 37.0 Å². The maximum Gasteiger partial charge on any atom is 0.252 e. The largest absolute Gasteiger partial charge is 0.377 e. The summed E-state index contributed by atoms with van der Waals surface area (Å²) in [6.07, 6.45) is 1.48. The molecule has 8 heteroatoms. The van der Waals surface area contributed by atoms with Crippen LogP contribution in [0.2, 0.25) is 5.02 Å². The van der Waals surface area contributed by atoms with Gasteiger partial charge in [-0.15, -0.1) is 0 Å².